The summed E-state index contributed by atoms with van der Waals surface area (Å²) in [5, 5.41) is 11.1. The van der Waals surface area contributed by atoms with Gasteiger partial charge in [-0.3, -0.25) is 9.79 Å². The van der Waals surface area contributed by atoms with Crippen LogP contribution in [0.25, 0.3) is 5.69 Å². The molecule has 1 heterocycles. The minimum Gasteiger partial charge on any atom is -0.466 e. The lowest BCUT2D eigenvalue weighted by atomic mass is 9.86. The van der Waals surface area contributed by atoms with Crippen molar-refractivity contribution >= 4 is 35.9 Å². The largest absolute Gasteiger partial charge is 0.466 e. The van der Waals surface area contributed by atoms with Crippen LogP contribution in [0.3, 0.4) is 0 Å². The zero-order valence-corrected chi connectivity index (χ0v) is 19.3. The van der Waals surface area contributed by atoms with Crippen LogP contribution < -0.4 is 10.6 Å². The summed E-state index contributed by atoms with van der Waals surface area (Å²) in [7, 11) is 1.78. The Morgan fingerprint density at radius 1 is 1.28 bits per heavy atom. The van der Waals surface area contributed by atoms with Crippen LogP contribution >= 0.6 is 24.0 Å². The van der Waals surface area contributed by atoms with Crippen LogP contribution in [0.15, 0.2) is 47.7 Å². The first kappa shape index (κ1) is 23.2. The molecule has 1 aliphatic rings. The van der Waals surface area contributed by atoms with Crippen molar-refractivity contribution in [2.75, 3.05) is 13.7 Å². The van der Waals surface area contributed by atoms with E-state index in [2.05, 4.69) is 32.9 Å². The summed E-state index contributed by atoms with van der Waals surface area (Å²) in [6, 6.07) is 10.5. The van der Waals surface area contributed by atoms with Crippen molar-refractivity contribution < 1.29 is 9.53 Å². The summed E-state index contributed by atoms with van der Waals surface area (Å²) in [6.07, 6.45) is 7.31. The molecule has 2 N–H and O–H groups in total. The minimum absolute atomic E-state index is 0. The van der Waals surface area contributed by atoms with Gasteiger partial charge in [0.2, 0.25) is 0 Å². The molecule has 158 valence electrons. The van der Waals surface area contributed by atoms with Gasteiger partial charge >= 0.3 is 5.97 Å². The second kappa shape index (κ2) is 11.8. The number of esters is 1. The van der Waals surface area contributed by atoms with Crippen molar-refractivity contribution in [3.63, 3.8) is 0 Å². The number of guanidine groups is 1. The van der Waals surface area contributed by atoms with E-state index in [0.717, 1.165) is 42.9 Å². The smallest absolute Gasteiger partial charge is 0.308 e. The molecule has 1 aliphatic carbocycles. The fraction of sp³-hybridized carbons (Fsp3) is 0.476. The molecule has 0 aliphatic heterocycles. The van der Waals surface area contributed by atoms with Gasteiger partial charge in [0.15, 0.2) is 5.96 Å². The van der Waals surface area contributed by atoms with Gasteiger partial charge in [0.05, 0.1) is 18.2 Å². The summed E-state index contributed by atoms with van der Waals surface area (Å²) >= 11 is 0. The number of rotatable bonds is 6. The highest BCUT2D eigenvalue weighted by Gasteiger charge is 2.27. The molecule has 29 heavy (non-hydrogen) atoms. The third-order valence-corrected chi connectivity index (χ3v) is 5.05. The molecule has 1 saturated carbocycles. The van der Waals surface area contributed by atoms with Gasteiger partial charge in [0, 0.05) is 32.0 Å². The van der Waals surface area contributed by atoms with E-state index in [0.29, 0.717) is 19.2 Å². The number of hydrogen-bond donors (Lipinski definition) is 2. The maximum Gasteiger partial charge on any atom is 0.308 e. The van der Waals surface area contributed by atoms with Gasteiger partial charge in [0.1, 0.15) is 0 Å². The Morgan fingerprint density at radius 3 is 2.72 bits per heavy atom. The van der Waals surface area contributed by atoms with E-state index in [9.17, 15) is 4.79 Å². The molecular weight excluding hydrogens is 481 g/mol. The summed E-state index contributed by atoms with van der Waals surface area (Å²) in [5.41, 5.74) is 2.19. The standard InChI is InChI=1S/C21H29N5O2.HI/c1-3-28-20(27)17-8-10-18(11-9-17)25-21(22-2)23-15-16-6-4-7-19(14-16)26-13-5-12-24-26;/h4-7,12-14,17-18H,3,8-11,15H2,1-2H3,(H2,22,23,25);1H. The second-order valence-corrected chi connectivity index (χ2v) is 6.99. The van der Waals surface area contributed by atoms with Crippen molar-refractivity contribution in [2.24, 2.45) is 10.9 Å². The third-order valence-electron chi connectivity index (χ3n) is 5.05. The van der Waals surface area contributed by atoms with Crippen LogP contribution in [0.5, 0.6) is 0 Å². The fourth-order valence-corrected chi connectivity index (χ4v) is 3.54. The lowest BCUT2D eigenvalue weighted by Crippen LogP contribution is -2.45. The molecule has 0 saturated heterocycles. The molecule has 1 aromatic heterocycles. The normalized spacial score (nSPS) is 19.2. The molecule has 1 aromatic carbocycles. The topological polar surface area (TPSA) is 80.5 Å². The average molecular weight is 511 g/mol. The van der Waals surface area contributed by atoms with Crippen molar-refractivity contribution in [1.82, 2.24) is 20.4 Å². The first-order chi connectivity index (χ1) is 13.7. The first-order valence-electron chi connectivity index (χ1n) is 9.92. The van der Waals surface area contributed by atoms with E-state index in [1.807, 2.05) is 36.0 Å². The zero-order chi connectivity index (χ0) is 19.8. The molecular formula is C21H30IN5O2. The maximum atomic E-state index is 11.9. The summed E-state index contributed by atoms with van der Waals surface area (Å²) in [5.74, 6) is 0.766. The van der Waals surface area contributed by atoms with Crippen LogP contribution in [0.1, 0.15) is 38.2 Å². The number of nitrogens with one attached hydrogen (secondary N) is 2. The van der Waals surface area contributed by atoms with Gasteiger partial charge < -0.3 is 15.4 Å². The Labute approximate surface area is 189 Å². The Hall–Kier alpha value is -2.10. The van der Waals surface area contributed by atoms with Gasteiger partial charge in [-0.1, -0.05) is 12.1 Å². The number of benzene rings is 1. The molecule has 7 nitrogen and oxygen atoms in total. The SMILES string of the molecule is CCOC(=O)C1CCC(NC(=NC)NCc2cccc(-n3cccn3)c2)CC1.I. The number of hydrogen-bond acceptors (Lipinski definition) is 4. The quantitative estimate of drug-likeness (QED) is 0.270. The predicted octanol–water partition coefficient (Wildman–Crippen LogP) is 3.28. The Balaban J connectivity index is 0.00000300. The fourth-order valence-electron chi connectivity index (χ4n) is 3.54. The predicted molar refractivity (Wildman–Crippen MR) is 125 cm³/mol. The van der Waals surface area contributed by atoms with Crippen LogP contribution in [-0.2, 0) is 16.1 Å². The van der Waals surface area contributed by atoms with E-state index in [-0.39, 0.29) is 35.9 Å². The van der Waals surface area contributed by atoms with E-state index in [1.54, 1.807) is 13.2 Å². The third kappa shape index (κ3) is 6.73. The van der Waals surface area contributed by atoms with Crippen LogP contribution in [-0.4, -0.2) is 41.4 Å². The van der Waals surface area contributed by atoms with Crippen molar-refractivity contribution in [1.29, 1.82) is 0 Å². The van der Waals surface area contributed by atoms with E-state index in [4.69, 9.17) is 4.74 Å². The van der Waals surface area contributed by atoms with Gasteiger partial charge in [-0.25, -0.2) is 4.68 Å². The van der Waals surface area contributed by atoms with E-state index >= 15 is 0 Å². The highest BCUT2D eigenvalue weighted by atomic mass is 127. The number of ether oxygens (including phenoxy) is 1. The first-order valence-corrected chi connectivity index (χ1v) is 9.92. The van der Waals surface area contributed by atoms with Gasteiger partial charge in [-0.15, -0.1) is 24.0 Å². The number of carbonyl (C=O) groups excluding carboxylic acids is 1. The average Bonchev–Trinajstić information content (AvgIpc) is 3.27. The van der Waals surface area contributed by atoms with Crippen LogP contribution in [0, 0.1) is 5.92 Å². The molecule has 0 unspecified atom stereocenters. The molecule has 8 heteroatoms. The summed E-state index contributed by atoms with van der Waals surface area (Å²) < 4.78 is 6.99. The number of aliphatic imine (C=N–C) groups is 1. The van der Waals surface area contributed by atoms with Gasteiger partial charge in [-0.05, 0) is 56.4 Å². The summed E-state index contributed by atoms with van der Waals surface area (Å²) in [4.78, 5) is 16.2. The van der Waals surface area contributed by atoms with Crippen molar-refractivity contribution in [3.8, 4) is 5.69 Å². The van der Waals surface area contributed by atoms with Crippen molar-refractivity contribution in [2.45, 2.75) is 45.2 Å². The van der Waals surface area contributed by atoms with Crippen LogP contribution in [0.4, 0.5) is 0 Å². The monoisotopic (exact) mass is 511 g/mol. The Morgan fingerprint density at radius 2 is 2.07 bits per heavy atom. The molecule has 0 amide bonds. The Bertz CT molecular complexity index is 786. The van der Waals surface area contributed by atoms with E-state index < -0.39 is 0 Å². The molecule has 0 spiro atoms. The molecule has 0 atom stereocenters. The maximum absolute atomic E-state index is 11.9. The highest BCUT2D eigenvalue weighted by Crippen LogP contribution is 2.25. The van der Waals surface area contributed by atoms with Gasteiger partial charge in [0.25, 0.3) is 0 Å². The lowest BCUT2D eigenvalue weighted by Gasteiger charge is -2.29. The molecule has 0 radical (unpaired) electrons. The number of aromatic nitrogens is 2. The molecule has 1 fully saturated rings. The van der Waals surface area contributed by atoms with Gasteiger partial charge in [-0.2, -0.15) is 5.10 Å². The van der Waals surface area contributed by atoms with E-state index in [1.165, 1.54) is 0 Å². The lowest BCUT2D eigenvalue weighted by molar-refractivity contribution is -0.149. The van der Waals surface area contributed by atoms with Crippen molar-refractivity contribution in [3.05, 3.63) is 48.3 Å². The van der Waals surface area contributed by atoms with Crippen LogP contribution in [0.2, 0.25) is 0 Å². The number of halogens is 1. The zero-order valence-electron chi connectivity index (χ0n) is 17.0. The molecule has 2 aromatic rings. The molecule has 0 bridgehead atoms. The Kier molecular flexibility index (Phi) is 9.43. The minimum atomic E-state index is -0.0551. The molecule has 3 rings (SSSR count). The summed E-state index contributed by atoms with van der Waals surface area (Å²) in [6.45, 7) is 2.98. The number of nitrogens with zero attached hydrogens (tertiary/aromatic N) is 3. The second-order valence-electron chi connectivity index (χ2n) is 6.99. The number of carbonyl (C=O) groups is 1. The highest BCUT2D eigenvalue weighted by molar-refractivity contribution is 14.0.